The number of anilines is 1. The highest BCUT2D eigenvalue weighted by atomic mass is 32.2. The number of amides is 1. The van der Waals surface area contributed by atoms with Gasteiger partial charge in [-0.15, -0.1) is 0 Å². The first-order valence-electron chi connectivity index (χ1n) is 8.38. The summed E-state index contributed by atoms with van der Waals surface area (Å²) in [6.07, 6.45) is 3.22. The normalized spacial score (nSPS) is 17.0. The van der Waals surface area contributed by atoms with Gasteiger partial charge in [0.2, 0.25) is 0 Å². The average molecular weight is 375 g/mol. The van der Waals surface area contributed by atoms with Gasteiger partial charge in [-0.05, 0) is 37.1 Å². The topological polar surface area (TPSA) is 81.7 Å². The number of benzene rings is 2. The molecule has 6 nitrogen and oxygen atoms in total. The van der Waals surface area contributed by atoms with Crippen LogP contribution in [0.15, 0.2) is 53.4 Å². The Morgan fingerprint density at radius 1 is 1.23 bits per heavy atom. The Kier molecular flexibility index (Phi) is 5.58. The van der Waals surface area contributed by atoms with E-state index < -0.39 is 15.7 Å². The fraction of sp³-hybridized carbons (Fsp3) is 0.316. The van der Waals surface area contributed by atoms with Crippen molar-refractivity contribution in [3.05, 3.63) is 54.1 Å². The minimum Gasteiger partial charge on any atom is -0.491 e. The lowest BCUT2D eigenvalue weighted by molar-refractivity contribution is 0.0680. The van der Waals surface area contributed by atoms with E-state index in [1.807, 2.05) is 0 Å². The number of carbonyl (C=O) groups excluding carboxylic acids is 1. The van der Waals surface area contributed by atoms with Gasteiger partial charge in [0.05, 0.1) is 16.6 Å². The van der Waals surface area contributed by atoms with Gasteiger partial charge in [0, 0.05) is 24.6 Å². The summed E-state index contributed by atoms with van der Waals surface area (Å²) >= 11 is 0. The molecule has 7 heteroatoms. The molecule has 1 fully saturated rings. The van der Waals surface area contributed by atoms with Gasteiger partial charge in [-0.25, -0.2) is 8.42 Å². The first-order valence-corrected chi connectivity index (χ1v) is 10.3. The maximum atomic E-state index is 12.5. The fourth-order valence-corrected chi connectivity index (χ4v) is 3.69. The maximum absolute atomic E-state index is 12.5. The number of hydrogen-bond donors (Lipinski definition) is 1. The molecule has 0 bridgehead atoms. The summed E-state index contributed by atoms with van der Waals surface area (Å²) in [6.45, 7) is 1.23. The van der Waals surface area contributed by atoms with Crippen molar-refractivity contribution in [1.82, 2.24) is 0 Å². The molecule has 1 heterocycles. The van der Waals surface area contributed by atoms with Crippen molar-refractivity contribution < 1.29 is 22.7 Å². The predicted molar refractivity (Wildman–Crippen MR) is 98.4 cm³/mol. The molecule has 3 rings (SSSR count). The van der Waals surface area contributed by atoms with Crippen LogP contribution >= 0.6 is 0 Å². The third kappa shape index (κ3) is 4.62. The average Bonchev–Trinajstić information content (AvgIpc) is 3.13. The standard InChI is InChI=1S/C19H21NO5S/c1-26(22,23)18-10-3-2-9-17(18)19(21)20-14-6-4-7-15(12-14)25-13-16-8-5-11-24-16/h2-4,6-7,9-10,12,16H,5,8,11,13H2,1H3,(H,20,21)/t16-/m0/s1. The molecule has 1 amide bonds. The molecule has 0 aromatic heterocycles. The minimum atomic E-state index is -3.50. The molecule has 1 aliphatic heterocycles. The van der Waals surface area contributed by atoms with Crippen LogP contribution in [0.5, 0.6) is 5.75 Å². The molecule has 138 valence electrons. The Labute approximate surface area is 153 Å². The van der Waals surface area contributed by atoms with Gasteiger partial charge < -0.3 is 14.8 Å². The first-order chi connectivity index (χ1) is 12.4. The van der Waals surface area contributed by atoms with E-state index in [0.29, 0.717) is 18.0 Å². The lowest BCUT2D eigenvalue weighted by Crippen LogP contribution is -2.17. The molecule has 0 saturated carbocycles. The van der Waals surface area contributed by atoms with Crippen LogP contribution in [0.3, 0.4) is 0 Å². The first kappa shape index (κ1) is 18.4. The van der Waals surface area contributed by atoms with Crippen LogP contribution in [0.1, 0.15) is 23.2 Å². The Morgan fingerprint density at radius 2 is 2.04 bits per heavy atom. The van der Waals surface area contributed by atoms with Gasteiger partial charge in [-0.2, -0.15) is 0 Å². The number of nitrogens with one attached hydrogen (secondary N) is 1. The van der Waals surface area contributed by atoms with Gasteiger partial charge in [0.15, 0.2) is 9.84 Å². The zero-order valence-corrected chi connectivity index (χ0v) is 15.3. The second-order valence-electron chi connectivity index (χ2n) is 6.20. The van der Waals surface area contributed by atoms with E-state index in [2.05, 4.69) is 5.32 Å². The third-order valence-electron chi connectivity index (χ3n) is 4.08. The van der Waals surface area contributed by atoms with E-state index >= 15 is 0 Å². The maximum Gasteiger partial charge on any atom is 0.256 e. The van der Waals surface area contributed by atoms with Gasteiger partial charge in [-0.3, -0.25) is 4.79 Å². The molecule has 0 spiro atoms. The Hall–Kier alpha value is -2.38. The summed E-state index contributed by atoms with van der Waals surface area (Å²) in [5, 5.41) is 2.72. The molecular weight excluding hydrogens is 354 g/mol. The summed E-state index contributed by atoms with van der Waals surface area (Å²) in [5.74, 6) is 0.136. The van der Waals surface area contributed by atoms with Crippen LogP contribution in [0.4, 0.5) is 5.69 Å². The number of rotatable bonds is 6. The van der Waals surface area contributed by atoms with E-state index in [-0.39, 0.29) is 16.6 Å². The zero-order chi connectivity index (χ0) is 18.6. The quantitative estimate of drug-likeness (QED) is 0.840. The summed E-state index contributed by atoms with van der Waals surface area (Å²) < 4.78 is 35.0. The summed E-state index contributed by atoms with van der Waals surface area (Å²) in [6, 6.07) is 13.1. The van der Waals surface area contributed by atoms with Crippen molar-refractivity contribution in [3.63, 3.8) is 0 Å². The molecule has 1 N–H and O–H groups in total. The number of sulfone groups is 1. The van der Waals surface area contributed by atoms with E-state index in [1.165, 1.54) is 12.1 Å². The molecule has 1 atom stereocenters. The van der Waals surface area contributed by atoms with Gasteiger partial charge in [-0.1, -0.05) is 18.2 Å². The van der Waals surface area contributed by atoms with Crippen LogP contribution in [0.2, 0.25) is 0 Å². The monoisotopic (exact) mass is 375 g/mol. The van der Waals surface area contributed by atoms with Crippen LogP contribution in [-0.2, 0) is 14.6 Å². The van der Waals surface area contributed by atoms with Crippen molar-refractivity contribution in [2.24, 2.45) is 0 Å². The molecule has 26 heavy (non-hydrogen) atoms. The summed E-state index contributed by atoms with van der Waals surface area (Å²) in [7, 11) is -3.50. The highest BCUT2D eigenvalue weighted by Gasteiger charge is 2.19. The van der Waals surface area contributed by atoms with Crippen LogP contribution in [0, 0.1) is 0 Å². The van der Waals surface area contributed by atoms with Crippen molar-refractivity contribution in [3.8, 4) is 5.75 Å². The molecule has 1 saturated heterocycles. The second-order valence-corrected chi connectivity index (χ2v) is 8.18. The van der Waals surface area contributed by atoms with Gasteiger partial charge in [0.1, 0.15) is 12.4 Å². The lowest BCUT2D eigenvalue weighted by atomic mass is 10.2. The number of hydrogen-bond acceptors (Lipinski definition) is 5. The molecule has 0 unspecified atom stereocenters. The van der Waals surface area contributed by atoms with E-state index in [4.69, 9.17) is 9.47 Å². The van der Waals surface area contributed by atoms with Crippen molar-refractivity contribution >= 4 is 21.4 Å². The predicted octanol–water partition coefficient (Wildman–Crippen LogP) is 2.90. The molecule has 1 aliphatic rings. The third-order valence-corrected chi connectivity index (χ3v) is 5.24. The molecule has 2 aromatic rings. The zero-order valence-electron chi connectivity index (χ0n) is 14.5. The smallest absolute Gasteiger partial charge is 0.256 e. The van der Waals surface area contributed by atoms with Crippen molar-refractivity contribution in [2.45, 2.75) is 23.8 Å². The largest absolute Gasteiger partial charge is 0.491 e. The highest BCUT2D eigenvalue weighted by Crippen LogP contribution is 2.22. The number of carbonyl (C=O) groups is 1. The van der Waals surface area contributed by atoms with Crippen molar-refractivity contribution in [1.29, 1.82) is 0 Å². The Morgan fingerprint density at radius 3 is 2.77 bits per heavy atom. The minimum absolute atomic E-state index is 0.00304. The summed E-state index contributed by atoms with van der Waals surface area (Å²) in [5.41, 5.74) is 0.642. The second kappa shape index (κ2) is 7.88. The van der Waals surface area contributed by atoms with Crippen molar-refractivity contribution in [2.75, 3.05) is 24.8 Å². The lowest BCUT2D eigenvalue weighted by Gasteiger charge is -2.13. The molecule has 0 aliphatic carbocycles. The van der Waals surface area contributed by atoms with Crippen LogP contribution in [0.25, 0.3) is 0 Å². The molecule has 2 aromatic carbocycles. The van der Waals surface area contributed by atoms with E-state index in [0.717, 1.165) is 25.7 Å². The molecular formula is C19H21NO5S. The van der Waals surface area contributed by atoms with Crippen LogP contribution < -0.4 is 10.1 Å². The Balaban J connectivity index is 1.71. The number of ether oxygens (including phenoxy) is 2. The van der Waals surface area contributed by atoms with E-state index in [9.17, 15) is 13.2 Å². The van der Waals surface area contributed by atoms with Gasteiger partial charge >= 0.3 is 0 Å². The fourth-order valence-electron chi connectivity index (χ4n) is 2.80. The van der Waals surface area contributed by atoms with Crippen LogP contribution in [-0.4, -0.2) is 39.9 Å². The Bertz CT molecular complexity index is 888. The van der Waals surface area contributed by atoms with E-state index in [1.54, 1.807) is 36.4 Å². The highest BCUT2D eigenvalue weighted by molar-refractivity contribution is 7.90. The molecule has 0 radical (unpaired) electrons. The van der Waals surface area contributed by atoms with Gasteiger partial charge in [0.25, 0.3) is 5.91 Å². The summed E-state index contributed by atoms with van der Waals surface area (Å²) in [4.78, 5) is 12.5. The SMILES string of the molecule is CS(=O)(=O)c1ccccc1C(=O)Nc1cccc(OC[C@@H]2CCCO2)c1.